The summed E-state index contributed by atoms with van der Waals surface area (Å²) in [5.41, 5.74) is 0. The predicted molar refractivity (Wildman–Crippen MR) is 109 cm³/mol. The minimum atomic E-state index is -0.586. The number of aromatic nitrogens is 2. The van der Waals surface area contributed by atoms with Crippen LogP contribution in [0.2, 0.25) is 0 Å². The van der Waals surface area contributed by atoms with Gasteiger partial charge in [0.25, 0.3) is 5.91 Å². The maximum Gasteiger partial charge on any atom is 0.267 e. The third-order valence-electron chi connectivity index (χ3n) is 5.77. The number of rotatable bonds is 3. The smallest absolute Gasteiger partial charge is 0.267 e. The van der Waals surface area contributed by atoms with Crippen LogP contribution in [0, 0.1) is 0 Å². The predicted octanol–water partition coefficient (Wildman–Crippen LogP) is 1.57. The number of carbonyl (C=O) groups excluding carboxylic acids is 1. The Balaban J connectivity index is 1.20. The van der Waals surface area contributed by atoms with Crippen LogP contribution in [0.3, 0.4) is 0 Å². The highest BCUT2D eigenvalue weighted by Crippen LogP contribution is 2.31. The summed E-state index contributed by atoms with van der Waals surface area (Å²) in [5.74, 6) is 3.24. The molecule has 0 unspecified atom stereocenters. The minimum Gasteiger partial charge on any atom is -0.485 e. The molecule has 8 nitrogen and oxygen atoms in total. The Labute approximate surface area is 170 Å². The van der Waals surface area contributed by atoms with Crippen LogP contribution in [0.15, 0.2) is 36.7 Å². The number of para-hydroxylation sites is 2. The van der Waals surface area contributed by atoms with E-state index in [0.717, 1.165) is 37.8 Å². The number of benzene rings is 1. The van der Waals surface area contributed by atoms with Gasteiger partial charge in [-0.05, 0) is 25.0 Å². The Morgan fingerprint density at radius 2 is 1.55 bits per heavy atom. The Hall–Kier alpha value is -3.03. The molecule has 8 heteroatoms. The van der Waals surface area contributed by atoms with Crippen molar-refractivity contribution < 1.29 is 14.3 Å². The quantitative estimate of drug-likeness (QED) is 0.781. The molecule has 2 saturated heterocycles. The first-order valence-electron chi connectivity index (χ1n) is 10.3. The fourth-order valence-electron chi connectivity index (χ4n) is 4.13. The fourth-order valence-corrected chi connectivity index (χ4v) is 4.13. The van der Waals surface area contributed by atoms with Crippen LogP contribution in [-0.2, 0) is 4.79 Å². The number of ether oxygens (including phenoxy) is 2. The molecule has 0 N–H and O–H groups in total. The van der Waals surface area contributed by atoms with Crippen molar-refractivity contribution in [1.82, 2.24) is 14.9 Å². The molecule has 1 atom stereocenters. The van der Waals surface area contributed by atoms with E-state index in [1.165, 1.54) is 12.8 Å². The third kappa shape index (κ3) is 3.66. The molecule has 4 heterocycles. The molecule has 152 valence electrons. The molecule has 3 aliphatic heterocycles. The topological polar surface area (TPSA) is 71.0 Å². The number of hydrogen-bond donors (Lipinski definition) is 0. The van der Waals surface area contributed by atoms with Gasteiger partial charge < -0.3 is 24.2 Å². The summed E-state index contributed by atoms with van der Waals surface area (Å²) >= 11 is 0. The van der Waals surface area contributed by atoms with E-state index in [1.54, 1.807) is 6.33 Å². The summed E-state index contributed by atoms with van der Waals surface area (Å²) in [6, 6.07) is 9.53. The van der Waals surface area contributed by atoms with Crippen molar-refractivity contribution >= 4 is 17.5 Å². The van der Waals surface area contributed by atoms with E-state index in [2.05, 4.69) is 25.8 Å². The zero-order chi connectivity index (χ0) is 19.6. The summed E-state index contributed by atoms with van der Waals surface area (Å²) in [4.78, 5) is 28.2. The summed E-state index contributed by atoms with van der Waals surface area (Å²) in [5, 5.41) is 0. The van der Waals surface area contributed by atoms with Gasteiger partial charge in [-0.25, -0.2) is 9.97 Å². The minimum absolute atomic E-state index is 0.0143. The second-order valence-corrected chi connectivity index (χ2v) is 7.61. The van der Waals surface area contributed by atoms with Crippen molar-refractivity contribution in [1.29, 1.82) is 0 Å². The lowest BCUT2D eigenvalue weighted by atomic mass is 10.2. The number of nitrogens with zero attached hydrogens (tertiary/aromatic N) is 5. The summed E-state index contributed by atoms with van der Waals surface area (Å²) in [6.07, 6.45) is 3.50. The van der Waals surface area contributed by atoms with Crippen molar-refractivity contribution in [2.75, 3.05) is 55.7 Å². The summed E-state index contributed by atoms with van der Waals surface area (Å²) in [7, 11) is 0. The highest BCUT2D eigenvalue weighted by Gasteiger charge is 2.33. The zero-order valence-electron chi connectivity index (χ0n) is 16.4. The molecule has 1 aromatic heterocycles. The van der Waals surface area contributed by atoms with Gasteiger partial charge in [-0.15, -0.1) is 0 Å². The largest absolute Gasteiger partial charge is 0.485 e. The van der Waals surface area contributed by atoms with E-state index in [1.807, 2.05) is 29.2 Å². The number of anilines is 2. The Morgan fingerprint density at radius 3 is 2.28 bits per heavy atom. The monoisotopic (exact) mass is 395 g/mol. The molecule has 29 heavy (non-hydrogen) atoms. The van der Waals surface area contributed by atoms with E-state index < -0.39 is 6.10 Å². The van der Waals surface area contributed by atoms with Gasteiger partial charge in [0, 0.05) is 45.3 Å². The summed E-state index contributed by atoms with van der Waals surface area (Å²) in [6.45, 7) is 5.14. The first-order chi connectivity index (χ1) is 14.3. The molecule has 0 spiro atoms. The number of carbonyl (C=O) groups is 1. The molecular formula is C21H25N5O3. The van der Waals surface area contributed by atoms with Crippen LogP contribution in [0.1, 0.15) is 12.8 Å². The van der Waals surface area contributed by atoms with Gasteiger partial charge in [0.05, 0.1) is 0 Å². The third-order valence-corrected chi connectivity index (χ3v) is 5.77. The van der Waals surface area contributed by atoms with E-state index >= 15 is 0 Å². The zero-order valence-corrected chi connectivity index (χ0v) is 16.4. The highest BCUT2D eigenvalue weighted by molar-refractivity contribution is 5.82. The molecule has 1 amide bonds. The maximum atomic E-state index is 12.9. The molecule has 0 aliphatic carbocycles. The lowest BCUT2D eigenvalue weighted by molar-refractivity contribution is -0.141. The van der Waals surface area contributed by atoms with Gasteiger partial charge in [-0.2, -0.15) is 0 Å². The first kappa shape index (κ1) is 18.0. The highest BCUT2D eigenvalue weighted by atomic mass is 16.6. The lowest BCUT2D eigenvalue weighted by Gasteiger charge is -2.37. The number of piperazine rings is 1. The maximum absolute atomic E-state index is 12.9. The van der Waals surface area contributed by atoms with Crippen LogP contribution < -0.4 is 19.3 Å². The van der Waals surface area contributed by atoms with E-state index in [0.29, 0.717) is 24.6 Å². The van der Waals surface area contributed by atoms with Crippen molar-refractivity contribution in [3.05, 3.63) is 36.7 Å². The van der Waals surface area contributed by atoms with Gasteiger partial charge in [-0.3, -0.25) is 4.79 Å². The van der Waals surface area contributed by atoms with Gasteiger partial charge in [0.2, 0.25) is 6.10 Å². The van der Waals surface area contributed by atoms with Crippen LogP contribution in [-0.4, -0.2) is 72.8 Å². The number of hydrogen-bond acceptors (Lipinski definition) is 7. The molecule has 5 rings (SSSR count). The van der Waals surface area contributed by atoms with Crippen LogP contribution in [0.5, 0.6) is 11.5 Å². The first-order valence-corrected chi connectivity index (χ1v) is 10.3. The molecule has 0 bridgehead atoms. The van der Waals surface area contributed by atoms with Crippen LogP contribution >= 0.6 is 0 Å². The molecule has 0 saturated carbocycles. The standard InChI is InChI=1S/C21H25N5O3/c27-21(18-14-28-16-5-1-2-6-17(16)29-18)26-11-9-25(10-12-26)20-13-19(22-15-23-20)24-7-3-4-8-24/h1-2,5-6,13,15,18H,3-4,7-12,14H2/t18-/m0/s1. The van der Waals surface area contributed by atoms with Crippen molar-refractivity contribution in [3.63, 3.8) is 0 Å². The van der Waals surface area contributed by atoms with Gasteiger partial charge in [0.15, 0.2) is 11.5 Å². The van der Waals surface area contributed by atoms with Crippen molar-refractivity contribution in [2.24, 2.45) is 0 Å². The van der Waals surface area contributed by atoms with E-state index in [-0.39, 0.29) is 12.5 Å². The SMILES string of the molecule is O=C([C@@H]1COc2ccccc2O1)N1CCN(c2cc(N3CCCC3)ncn2)CC1. The number of fused-ring (bicyclic) bond motifs is 1. The van der Waals surface area contributed by atoms with Gasteiger partial charge in [-0.1, -0.05) is 12.1 Å². The van der Waals surface area contributed by atoms with Gasteiger partial charge in [0.1, 0.15) is 24.6 Å². The molecule has 3 aliphatic rings. The van der Waals surface area contributed by atoms with Crippen LogP contribution in [0.25, 0.3) is 0 Å². The second-order valence-electron chi connectivity index (χ2n) is 7.61. The fraction of sp³-hybridized carbons (Fsp3) is 0.476. The Bertz CT molecular complexity index is 878. The average Bonchev–Trinajstić information content (AvgIpc) is 3.34. The molecular weight excluding hydrogens is 370 g/mol. The van der Waals surface area contributed by atoms with E-state index in [9.17, 15) is 4.79 Å². The lowest BCUT2D eigenvalue weighted by Crippen LogP contribution is -2.54. The Morgan fingerprint density at radius 1 is 0.897 bits per heavy atom. The van der Waals surface area contributed by atoms with Crippen molar-refractivity contribution in [3.8, 4) is 11.5 Å². The normalized spacial score (nSPS) is 21.4. The number of amides is 1. The summed E-state index contributed by atoms with van der Waals surface area (Å²) < 4.78 is 11.6. The Kier molecular flexibility index (Phi) is 4.83. The van der Waals surface area contributed by atoms with Gasteiger partial charge >= 0.3 is 0 Å². The van der Waals surface area contributed by atoms with Crippen LogP contribution in [0.4, 0.5) is 11.6 Å². The average molecular weight is 395 g/mol. The van der Waals surface area contributed by atoms with Crippen molar-refractivity contribution in [2.45, 2.75) is 18.9 Å². The molecule has 2 aromatic rings. The molecule has 2 fully saturated rings. The molecule has 0 radical (unpaired) electrons. The molecule has 1 aromatic carbocycles. The van der Waals surface area contributed by atoms with E-state index in [4.69, 9.17) is 9.47 Å². The second kappa shape index (κ2) is 7.77.